The lowest BCUT2D eigenvalue weighted by atomic mass is 10.3. The first-order valence-corrected chi connectivity index (χ1v) is 6.72. The molecule has 0 aliphatic rings. The van der Waals surface area contributed by atoms with E-state index in [9.17, 15) is 9.59 Å². The molecular weight excluding hydrogens is 276 g/mol. The van der Waals surface area contributed by atoms with Gasteiger partial charge >= 0.3 is 12.0 Å². The first-order chi connectivity index (χ1) is 9.93. The molecule has 0 saturated carbocycles. The molecule has 21 heavy (non-hydrogen) atoms. The van der Waals surface area contributed by atoms with Gasteiger partial charge in [-0.3, -0.25) is 4.68 Å². The Kier molecular flexibility index (Phi) is 6.67. The Balaban J connectivity index is 2.19. The number of aliphatic carboxylic acids is 1. The molecule has 1 unspecified atom stereocenters. The lowest BCUT2D eigenvalue weighted by Crippen LogP contribution is -2.43. The van der Waals surface area contributed by atoms with Crippen molar-refractivity contribution < 1.29 is 19.4 Å². The molecule has 1 aromatic rings. The van der Waals surface area contributed by atoms with Crippen molar-refractivity contribution in [3.05, 3.63) is 17.5 Å². The predicted octanol–water partition coefficient (Wildman–Crippen LogP) is 0.289. The Hall–Kier alpha value is -2.09. The summed E-state index contributed by atoms with van der Waals surface area (Å²) in [5.41, 5.74) is 2.05. The number of carbonyl (C=O) groups is 2. The fourth-order valence-corrected chi connectivity index (χ4v) is 1.85. The van der Waals surface area contributed by atoms with E-state index in [0.29, 0.717) is 6.54 Å². The van der Waals surface area contributed by atoms with Gasteiger partial charge in [0.1, 0.15) is 0 Å². The number of hydrogen-bond donors (Lipinski definition) is 3. The number of amides is 2. The molecule has 0 aliphatic carbocycles. The standard InChI is InChI=1S/C13H22N4O4/c1-9-7-10(2)17(16-9)6-4-5-14-13(20)15-8-11(21-3)12(18)19/h7,11H,4-6,8H2,1-3H3,(H,18,19)(H2,14,15,20). The molecule has 8 nitrogen and oxygen atoms in total. The molecule has 8 heteroatoms. The third-order valence-corrected chi connectivity index (χ3v) is 2.94. The van der Waals surface area contributed by atoms with Crippen LogP contribution in [0, 0.1) is 13.8 Å². The van der Waals surface area contributed by atoms with Crippen molar-refractivity contribution in [2.45, 2.75) is 32.9 Å². The fraction of sp³-hybridized carbons (Fsp3) is 0.615. The Morgan fingerprint density at radius 1 is 1.43 bits per heavy atom. The maximum absolute atomic E-state index is 11.5. The van der Waals surface area contributed by atoms with Crippen LogP contribution >= 0.6 is 0 Å². The maximum atomic E-state index is 11.5. The van der Waals surface area contributed by atoms with Crippen molar-refractivity contribution in [3.8, 4) is 0 Å². The monoisotopic (exact) mass is 298 g/mol. The Bertz CT molecular complexity index is 487. The SMILES string of the molecule is COC(CNC(=O)NCCCn1nc(C)cc1C)C(=O)O. The minimum Gasteiger partial charge on any atom is -0.479 e. The Labute approximate surface area is 123 Å². The number of carboxylic acids is 1. The first kappa shape index (κ1) is 17.0. The van der Waals surface area contributed by atoms with Crippen LogP contribution in [0.1, 0.15) is 17.8 Å². The molecule has 1 rings (SSSR count). The van der Waals surface area contributed by atoms with Gasteiger partial charge in [-0.05, 0) is 26.3 Å². The van der Waals surface area contributed by atoms with Gasteiger partial charge in [0.2, 0.25) is 0 Å². The quantitative estimate of drug-likeness (QED) is 0.598. The zero-order valence-corrected chi connectivity index (χ0v) is 12.5. The van der Waals surface area contributed by atoms with Crippen LogP contribution in [0.5, 0.6) is 0 Å². The van der Waals surface area contributed by atoms with Crippen LogP contribution in [0.3, 0.4) is 0 Å². The number of methoxy groups -OCH3 is 1. The van der Waals surface area contributed by atoms with E-state index in [1.807, 2.05) is 24.6 Å². The van der Waals surface area contributed by atoms with Crippen LogP contribution in [0.2, 0.25) is 0 Å². The lowest BCUT2D eigenvalue weighted by Gasteiger charge is -2.12. The van der Waals surface area contributed by atoms with Gasteiger partial charge in [0.15, 0.2) is 6.10 Å². The number of ether oxygens (including phenoxy) is 1. The van der Waals surface area contributed by atoms with E-state index in [4.69, 9.17) is 9.84 Å². The van der Waals surface area contributed by atoms with Crippen molar-refractivity contribution in [2.75, 3.05) is 20.2 Å². The minimum absolute atomic E-state index is 0.0743. The topological polar surface area (TPSA) is 105 Å². The second-order valence-electron chi connectivity index (χ2n) is 4.70. The van der Waals surface area contributed by atoms with Gasteiger partial charge in [-0.15, -0.1) is 0 Å². The maximum Gasteiger partial charge on any atom is 0.334 e. The van der Waals surface area contributed by atoms with Gasteiger partial charge in [0, 0.05) is 25.9 Å². The van der Waals surface area contributed by atoms with Crippen LogP contribution < -0.4 is 10.6 Å². The molecule has 118 valence electrons. The second-order valence-corrected chi connectivity index (χ2v) is 4.70. The van der Waals surface area contributed by atoms with E-state index in [2.05, 4.69) is 15.7 Å². The summed E-state index contributed by atoms with van der Waals surface area (Å²) in [7, 11) is 1.28. The molecule has 0 aliphatic heterocycles. The van der Waals surface area contributed by atoms with E-state index >= 15 is 0 Å². The molecule has 1 atom stereocenters. The number of nitrogens with one attached hydrogen (secondary N) is 2. The summed E-state index contributed by atoms with van der Waals surface area (Å²) in [6.07, 6.45) is -0.299. The number of carboxylic acid groups (broad SMARTS) is 1. The van der Waals surface area contributed by atoms with Gasteiger partial charge in [-0.1, -0.05) is 0 Å². The van der Waals surface area contributed by atoms with Crippen LogP contribution in [0.4, 0.5) is 4.79 Å². The third kappa shape index (κ3) is 5.82. The molecule has 1 heterocycles. The molecular formula is C13H22N4O4. The summed E-state index contributed by atoms with van der Waals surface area (Å²) in [4.78, 5) is 22.2. The lowest BCUT2D eigenvalue weighted by molar-refractivity contribution is -0.147. The van der Waals surface area contributed by atoms with Gasteiger partial charge in [0.05, 0.1) is 12.2 Å². The minimum atomic E-state index is -1.11. The van der Waals surface area contributed by atoms with Crippen LogP contribution in [0.25, 0.3) is 0 Å². The number of urea groups is 1. The number of nitrogens with zero attached hydrogens (tertiary/aromatic N) is 2. The van der Waals surface area contributed by atoms with Crippen molar-refractivity contribution in [3.63, 3.8) is 0 Å². The molecule has 0 aromatic carbocycles. The summed E-state index contributed by atoms with van der Waals surface area (Å²) >= 11 is 0. The van der Waals surface area contributed by atoms with Crippen molar-refractivity contribution in [2.24, 2.45) is 0 Å². The van der Waals surface area contributed by atoms with E-state index in [-0.39, 0.29) is 6.54 Å². The molecule has 1 aromatic heterocycles. The third-order valence-electron chi connectivity index (χ3n) is 2.94. The smallest absolute Gasteiger partial charge is 0.334 e. The highest BCUT2D eigenvalue weighted by atomic mass is 16.5. The van der Waals surface area contributed by atoms with Gasteiger partial charge in [0.25, 0.3) is 0 Å². The summed E-state index contributed by atoms with van der Waals surface area (Å²) in [6, 6.07) is 1.59. The van der Waals surface area contributed by atoms with Crippen LogP contribution in [0.15, 0.2) is 6.07 Å². The normalized spacial score (nSPS) is 12.0. The first-order valence-electron chi connectivity index (χ1n) is 6.72. The highest BCUT2D eigenvalue weighted by Gasteiger charge is 2.16. The molecule has 0 fully saturated rings. The largest absolute Gasteiger partial charge is 0.479 e. The zero-order valence-electron chi connectivity index (χ0n) is 12.5. The number of carbonyl (C=O) groups excluding carboxylic acids is 1. The van der Waals surface area contributed by atoms with E-state index in [0.717, 1.165) is 24.4 Å². The highest BCUT2D eigenvalue weighted by molar-refractivity contribution is 5.76. The summed E-state index contributed by atoms with van der Waals surface area (Å²) in [5.74, 6) is -1.11. The van der Waals surface area contributed by atoms with Crippen molar-refractivity contribution in [1.82, 2.24) is 20.4 Å². The average Bonchev–Trinajstić information content (AvgIpc) is 2.73. The van der Waals surface area contributed by atoms with Crippen molar-refractivity contribution >= 4 is 12.0 Å². The number of rotatable bonds is 8. The van der Waals surface area contributed by atoms with Crippen molar-refractivity contribution in [1.29, 1.82) is 0 Å². The summed E-state index contributed by atoms with van der Waals surface area (Å²) < 4.78 is 6.60. The van der Waals surface area contributed by atoms with Crippen LogP contribution in [-0.4, -0.2) is 53.2 Å². The second kappa shape index (κ2) is 8.25. The molecule has 3 N–H and O–H groups in total. The van der Waals surface area contributed by atoms with E-state index < -0.39 is 18.1 Å². The van der Waals surface area contributed by atoms with E-state index in [1.54, 1.807) is 0 Å². The molecule has 0 saturated heterocycles. The van der Waals surface area contributed by atoms with E-state index in [1.165, 1.54) is 7.11 Å². The zero-order chi connectivity index (χ0) is 15.8. The summed E-state index contributed by atoms with van der Waals surface area (Å²) in [6.45, 7) is 5.04. The molecule has 0 radical (unpaired) electrons. The fourth-order valence-electron chi connectivity index (χ4n) is 1.85. The highest BCUT2D eigenvalue weighted by Crippen LogP contribution is 2.02. The predicted molar refractivity (Wildman–Crippen MR) is 76.2 cm³/mol. The Morgan fingerprint density at radius 2 is 2.14 bits per heavy atom. The molecule has 2 amide bonds. The summed E-state index contributed by atoms with van der Waals surface area (Å²) in [5, 5.41) is 18.2. The molecule has 0 spiro atoms. The van der Waals surface area contributed by atoms with Gasteiger partial charge in [-0.25, -0.2) is 9.59 Å². The number of aromatic nitrogens is 2. The van der Waals surface area contributed by atoms with Gasteiger partial charge in [-0.2, -0.15) is 5.10 Å². The Morgan fingerprint density at radius 3 is 2.67 bits per heavy atom. The van der Waals surface area contributed by atoms with Gasteiger partial charge < -0.3 is 20.5 Å². The van der Waals surface area contributed by atoms with Crippen LogP contribution in [-0.2, 0) is 16.1 Å². The average molecular weight is 298 g/mol. The number of hydrogen-bond acceptors (Lipinski definition) is 4. The number of aryl methyl sites for hydroxylation is 3. The molecule has 0 bridgehead atoms.